The van der Waals surface area contributed by atoms with Gasteiger partial charge in [0, 0.05) is 37.2 Å². The third-order valence-corrected chi connectivity index (χ3v) is 5.69. The van der Waals surface area contributed by atoms with E-state index in [0.29, 0.717) is 17.3 Å². The van der Waals surface area contributed by atoms with E-state index in [1.54, 1.807) is 4.68 Å². The Bertz CT molecular complexity index is 988. The normalized spacial score (nSPS) is 17.0. The number of piperidine rings is 1. The van der Waals surface area contributed by atoms with Crippen LogP contribution in [-0.4, -0.2) is 38.7 Å². The summed E-state index contributed by atoms with van der Waals surface area (Å²) in [5.74, 6) is 2.00. The Morgan fingerprint density at radius 1 is 1.11 bits per heavy atom. The zero-order valence-electron chi connectivity index (χ0n) is 16.7. The largest absolute Gasteiger partial charge is 0.338 e. The first-order chi connectivity index (χ1) is 13.5. The number of benzene rings is 2. The number of aromatic nitrogens is 3. The molecule has 28 heavy (non-hydrogen) atoms. The molecule has 2 aromatic carbocycles. The number of carbonyl (C=O) groups is 1. The molecule has 1 aliphatic rings. The molecule has 2 heterocycles. The van der Waals surface area contributed by atoms with Crippen LogP contribution < -0.4 is 0 Å². The topological polar surface area (TPSA) is 51.0 Å². The van der Waals surface area contributed by atoms with Crippen molar-refractivity contribution >= 4 is 5.91 Å². The van der Waals surface area contributed by atoms with Crippen LogP contribution in [0.1, 0.15) is 46.1 Å². The maximum absolute atomic E-state index is 13.2. The second-order valence-corrected chi connectivity index (χ2v) is 7.63. The molecule has 1 unspecified atom stereocenters. The first-order valence-corrected chi connectivity index (χ1v) is 9.86. The summed E-state index contributed by atoms with van der Waals surface area (Å²) in [5, 5.41) is 4.44. The third-order valence-electron chi connectivity index (χ3n) is 5.69. The summed E-state index contributed by atoms with van der Waals surface area (Å²) in [5.41, 5.74) is 4.25. The van der Waals surface area contributed by atoms with E-state index in [-0.39, 0.29) is 5.91 Å². The summed E-state index contributed by atoms with van der Waals surface area (Å²) in [6, 6.07) is 16.2. The lowest BCUT2D eigenvalue weighted by Crippen LogP contribution is -2.39. The minimum absolute atomic E-state index is 0.0905. The molecule has 0 radical (unpaired) electrons. The molecular weight excluding hydrogens is 348 g/mol. The van der Waals surface area contributed by atoms with Crippen molar-refractivity contribution in [1.82, 2.24) is 19.7 Å². The van der Waals surface area contributed by atoms with E-state index in [0.717, 1.165) is 37.3 Å². The predicted octanol–water partition coefficient (Wildman–Crippen LogP) is 4.12. The van der Waals surface area contributed by atoms with Crippen LogP contribution in [0.5, 0.6) is 0 Å². The van der Waals surface area contributed by atoms with Crippen LogP contribution in [0.4, 0.5) is 0 Å². The molecule has 0 bridgehead atoms. The average molecular weight is 374 g/mol. The standard InChI is InChI=1S/C23H26N4O/c1-16-8-4-5-12-21(16)20-11-7-13-27(15-20)23(28)19-10-6-9-18(14-19)22-24-17(2)26(3)25-22/h4-6,8-10,12,14,20H,7,11,13,15H2,1-3H3. The van der Waals surface area contributed by atoms with Crippen LogP contribution in [0, 0.1) is 13.8 Å². The summed E-state index contributed by atoms with van der Waals surface area (Å²) < 4.78 is 1.75. The highest BCUT2D eigenvalue weighted by molar-refractivity contribution is 5.95. The van der Waals surface area contributed by atoms with E-state index in [9.17, 15) is 4.79 Å². The first kappa shape index (κ1) is 18.4. The average Bonchev–Trinajstić information content (AvgIpc) is 3.06. The number of hydrogen-bond donors (Lipinski definition) is 0. The quantitative estimate of drug-likeness (QED) is 0.693. The smallest absolute Gasteiger partial charge is 0.253 e. The van der Waals surface area contributed by atoms with Gasteiger partial charge in [-0.05, 0) is 49.9 Å². The van der Waals surface area contributed by atoms with Crippen LogP contribution in [-0.2, 0) is 7.05 Å². The number of carbonyl (C=O) groups excluding carboxylic acids is 1. The van der Waals surface area contributed by atoms with Crippen molar-refractivity contribution in [2.45, 2.75) is 32.6 Å². The monoisotopic (exact) mass is 374 g/mol. The van der Waals surface area contributed by atoms with Crippen molar-refractivity contribution < 1.29 is 4.79 Å². The van der Waals surface area contributed by atoms with Crippen molar-refractivity contribution in [3.8, 4) is 11.4 Å². The van der Waals surface area contributed by atoms with Gasteiger partial charge in [-0.3, -0.25) is 9.48 Å². The van der Waals surface area contributed by atoms with Crippen molar-refractivity contribution in [1.29, 1.82) is 0 Å². The Balaban J connectivity index is 1.56. The fourth-order valence-corrected chi connectivity index (χ4v) is 4.02. The van der Waals surface area contributed by atoms with Crippen molar-refractivity contribution in [3.05, 3.63) is 71.0 Å². The lowest BCUT2D eigenvalue weighted by molar-refractivity contribution is 0.0707. The molecule has 1 amide bonds. The van der Waals surface area contributed by atoms with Crippen molar-refractivity contribution in [2.24, 2.45) is 7.05 Å². The first-order valence-electron chi connectivity index (χ1n) is 9.86. The Morgan fingerprint density at radius 2 is 1.93 bits per heavy atom. The van der Waals surface area contributed by atoms with Gasteiger partial charge < -0.3 is 4.90 Å². The highest BCUT2D eigenvalue weighted by Gasteiger charge is 2.26. The second-order valence-electron chi connectivity index (χ2n) is 7.63. The zero-order valence-corrected chi connectivity index (χ0v) is 16.7. The van der Waals surface area contributed by atoms with Crippen LogP contribution in [0.15, 0.2) is 48.5 Å². The van der Waals surface area contributed by atoms with Gasteiger partial charge in [0.05, 0.1) is 0 Å². The van der Waals surface area contributed by atoms with Crippen LogP contribution in [0.2, 0.25) is 0 Å². The molecule has 1 fully saturated rings. The summed E-state index contributed by atoms with van der Waals surface area (Å²) in [7, 11) is 1.88. The van der Waals surface area contributed by atoms with Gasteiger partial charge >= 0.3 is 0 Å². The zero-order chi connectivity index (χ0) is 19.7. The predicted molar refractivity (Wildman–Crippen MR) is 110 cm³/mol. The Morgan fingerprint density at radius 3 is 2.68 bits per heavy atom. The molecule has 5 nitrogen and oxygen atoms in total. The number of hydrogen-bond acceptors (Lipinski definition) is 3. The van der Waals surface area contributed by atoms with E-state index >= 15 is 0 Å². The van der Waals surface area contributed by atoms with Crippen LogP contribution in [0.25, 0.3) is 11.4 Å². The molecule has 0 spiro atoms. The molecule has 144 valence electrons. The van der Waals surface area contributed by atoms with E-state index in [4.69, 9.17) is 0 Å². The molecule has 5 heteroatoms. The van der Waals surface area contributed by atoms with Gasteiger partial charge in [-0.15, -0.1) is 0 Å². The van der Waals surface area contributed by atoms with Gasteiger partial charge in [0.25, 0.3) is 5.91 Å². The SMILES string of the molecule is Cc1ccccc1C1CCCN(C(=O)c2cccc(-c3nc(C)n(C)n3)c2)C1. The van der Waals surface area contributed by atoms with Gasteiger partial charge in [0.1, 0.15) is 5.82 Å². The maximum atomic E-state index is 13.2. The lowest BCUT2D eigenvalue weighted by atomic mass is 9.87. The van der Waals surface area contributed by atoms with Crippen LogP contribution >= 0.6 is 0 Å². The summed E-state index contributed by atoms with van der Waals surface area (Å²) in [6.45, 7) is 5.66. The van der Waals surface area contributed by atoms with Crippen molar-refractivity contribution in [2.75, 3.05) is 13.1 Å². The maximum Gasteiger partial charge on any atom is 0.253 e. The number of aryl methyl sites for hydroxylation is 3. The molecule has 1 saturated heterocycles. The number of nitrogens with zero attached hydrogens (tertiary/aromatic N) is 4. The number of rotatable bonds is 3. The van der Waals surface area contributed by atoms with Gasteiger partial charge in [-0.1, -0.05) is 36.4 Å². The highest BCUT2D eigenvalue weighted by Crippen LogP contribution is 2.30. The molecule has 3 aromatic rings. The Hall–Kier alpha value is -2.95. The fourth-order valence-electron chi connectivity index (χ4n) is 4.02. The molecule has 1 aliphatic heterocycles. The second kappa shape index (κ2) is 7.58. The van der Waals surface area contributed by atoms with Crippen LogP contribution in [0.3, 0.4) is 0 Å². The molecule has 0 N–H and O–H groups in total. The van der Waals surface area contributed by atoms with Gasteiger partial charge in [0.15, 0.2) is 5.82 Å². The Labute approximate surface area is 166 Å². The molecular formula is C23H26N4O. The van der Waals surface area contributed by atoms with E-state index in [1.807, 2.05) is 43.1 Å². The third kappa shape index (κ3) is 3.57. The lowest BCUT2D eigenvalue weighted by Gasteiger charge is -2.33. The molecule has 0 saturated carbocycles. The van der Waals surface area contributed by atoms with E-state index in [2.05, 4.69) is 41.3 Å². The Kier molecular flexibility index (Phi) is 4.99. The fraction of sp³-hybridized carbons (Fsp3) is 0.348. The van der Waals surface area contributed by atoms with Crippen molar-refractivity contribution in [3.63, 3.8) is 0 Å². The summed E-state index contributed by atoms with van der Waals surface area (Å²) in [4.78, 5) is 19.7. The van der Waals surface area contributed by atoms with Gasteiger partial charge in [-0.25, -0.2) is 4.98 Å². The van der Waals surface area contributed by atoms with E-state index < -0.39 is 0 Å². The molecule has 0 aliphatic carbocycles. The van der Waals surface area contributed by atoms with E-state index in [1.165, 1.54) is 11.1 Å². The van der Waals surface area contributed by atoms with Gasteiger partial charge in [0.2, 0.25) is 0 Å². The molecule has 4 rings (SSSR count). The summed E-state index contributed by atoms with van der Waals surface area (Å²) in [6.07, 6.45) is 2.16. The highest BCUT2D eigenvalue weighted by atomic mass is 16.2. The number of amides is 1. The molecule has 1 atom stereocenters. The minimum Gasteiger partial charge on any atom is -0.338 e. The summed E-state index contributed by atoms with van der Waals surface area (Å²) >= 11 is 0. The number of likely N-dealkylation sites (tertiary alicyclic amines) is 1. The minimum atomic E-state index is 0.0905. The van der Waals surface area contributed by atoms with Gasteiger partial charge in [-0.2, -0.15) is 5.10 Å². The molecule has 1 aromatic heterocycles.